The first kappa shape index (κ1) is 17.3. The van der Waals surface area contributed by atoms with Crippen LogP contribution < -0.4 is 10.6 Å². The van der Waals surface area contributed by atoms with Crippen molar-refractivity contribution in [3.8, 4) is 0 Å². The summed E-state index contributed by atoms with van der Waals surface area (Å²) in [5.41, 5.74) is 3.39. The molecule has 0 bridgehead atoms. The van der Waals surface area contributed by atoms with Crippen molar-refractivity contribution in [2.75, 3.05) is 19.6 Å². The van der Waals surface area contributed by atoms with Gasteiger partial charge >= 0.3 is 0 Å². The lowest BCUT2D eigenvalue weighted by Crippen LogP contribution is -2.29. The van der Waals surface area contributed by atoms with Gasteiger partial charge in [-0.2, -0.15) is 5.10 Å². The highest BCUT2D eigenvalue weighted by molar-refractivity contribution is 5.94. The minimum atomic E-state index is 0.0264. The van der Waals surface area contributed by atoms with Gasteiger partial charge in [0.25, 0.3) is 5.91 Å². The fraction of sp³-hybridized carbons (Fsp3) is 0.524. The van der Waals surface area contributed by atoms with Crippen LogP contribution in [0.4, 0.5) is 0 Å². The zero-order valence-corrected chi connectivity index (χ0v) is 15.3. The van der Waals surface area contributed by atoms with E-state index in [2.05, 4.69) is 38.6 Å². The van der Waals surface area contributed by atoms with E-state index in [1.165, 1.54) is 36.9 Å². The van der Waals surface area contributed by atoms with Gasteiger partial charge in [-0.05, 0) is 68.3 Å². The highest BCUT2D eigenvalue weighted by atomic mass is 16.1. The molecule has 1 aliphatic carbocycles. The highest BCUT2D eigenvalue weighted by Gasteiger charge is 2.26. The molecule has 0 radical (unpaired) electrons. The number of hydrogen-bond acceptors (Lipinski definition) is 3. The fourth-order valence-electron chi connectivity index (χ4n) is 3.86. The molecule has 1 aromatic heterocycles. The summed E-state index contributed by atoms with van der Waals surface area (Å²) in [6, 6.07) is 10.2. The fourth-order valence-corrected chi connectivity index (χ4v) is 3.86. The third-order valence-electron chi connectivity index (χ3n) is 5.49. The summed E-state index contributed by atoms with van der Waals surface area (Å²) in [5.74, 6) is 1.26. The molecule has 1 amide bonds. The number of rotatable bonds is 7. The van der Waals surface area contributed by atoms with Crippen molar-refractivity contribution in [2.24, 2.45) is 0 Å². The van der Waals surface area contributed by atoms with Crippen LogP contribution >= 0.6 is 0 Å². The number of amides is 1. The highest BCUT2D eigenvalue weighted by Crippen LogP contribution is 2.39. The maximum absolute atomic E-state index is 12.5. The lowest BCUT2D eigenvalue weighted by Gasteiger charge is -2.23. The number of hydrogen-bond donors (Lipinski definition) is 2. The summed E-state index contributed by atoms with van der Waals surface area (Å²) < 4.78 is 2.10. The van der Waals surface area contributed by atoms with E-state index in [1.807, 2.05) is 18.3 Å². The smallest absolute Gasteiger partial charge is 0.251 e. The Hall–Kier alpha value is -2.14. The van der Waals surface area contributed by atoms with Gasteiger partial charge in [0, 0.05) is 43.0 Å². The molecule has 5 heteroatoms. The van der Waals surface area contributed by atoms with Gasteiger partial charge in [-0.25, -0.2) is 0 Å². The van der Waals surface area contributed by atoms with Crippen molar-refractivity contribution in [1.82, 2.24) is 20.4 Å². The van der Waals surface area contributed by atoms with Crippen LogP contribution in [0, 0.1) is 0 Å². The molecule has 1 saturated heterocycles. The molecule has 1 aromatic carbocycles. The number of nitrogens with one attached hydrogen (secondary N) is 2. The quantitative estimate of drug-likeness (QED) is 0.753. The third kappa shape index (κ3) is 4.15. The van der Waals surface area contributed by atoms with Gasteiger partial charge in [0.05, 0.1) is 0 Å². The number of carbonyl (C=O) groups is 1. The maximum atomic E-state index is 12.5. The van der Waals surface area contributed by atoms with Crippen molar-refractivity contribution in [3.63, 3.8) is 0 Å². The summed E-state index contributed by atoms with van der Waals surface area (Å²) >= 11 is 0. The molecule has 1 unspecified atom stereocenters. The van der Waals surface area contributed by atoms with Crippen LogP contribution in [0.25, 0.3) is 0 Å². The van der Waals surface area contributed by atoms with Crippen molar-refractivity contribution in [1.29, 1.82) is 0 Å². The Morgan fingerprint density at radius 3 is 2.96 bits per heavy atom. The van der Waals surface area contributed by atoms with Crippen LogP contribution in [0.15, 0.2) is 36.5 Å². The molecule has 1 aliphatic heterocycles. The molecule has 4 rings (SSSR count). The molecule has 1 atom stereocenters. The zero-order valence-electron chi connectivity index (χ0n) is 15.3. The summed E-state index contributed by atoms with van der Waals surface area (Å²) in [6.45, 7) is 3.67. The molecule has 26 heavy (non-hydrogen) atoms. The Kier molecular flexibility index (Phi) is 5.34. The molecule has 5 nitrogen and oxygen atoms in total. The first-order chi connectivity index (χ1) is 12.8. The Labute approximate surface area is 155 Å². The number of carbonyl (C=O) groups excluding carboxylic acids is 1. The predicted molar refractivity (Wildman–Crippen MR) is 102 cm³/mol. The van der Waals surface area contributed by atoms with Crippen LogP contribution in [0.1, 0.15) is 65.6 Å². The number of benzene rings is 1. The molecular weight excluding hydrogens is 324 g/mol. The average Bonchev–Trinajstić information content (AvgIpc) is 3.44. The molecule has 1 saturated carbocycles. The number of aryl methyl sites for hydroxylation is 1. The Morgan fingerprint density at radius 1 is 1.23 bits per heavy atom. The van der Waals surface area contributed by atoms with Gasteiger partial charge in [-0.3, -0.25) is 9.48 Å². The van der Waals surface area contributed by atoms with Gasteiger partial charge in [-0.15, -0.1) is 0 Å². The van der Waals surface area contributed by atoms with Crippen molar-refractivity contribution >= 4 is 5.91 Å². The van der Waals surface area contributed by atoms with E-state index < -0.39 is 0 Å². The Morgan fingerprint density at radius 2 is 2.15 bits per heavy atom. The molecule has 2 aromatic rings. The second kappa shape index (κ2) is 8.04. The van der Waals surface area contributed by atoms with E-state index in [-0.39, 0.29) is 5.91 Å². The van der Waals surface area contributed by atoms with Crippen molar-refractivity contribution < 1.29 is 4.79 Å². The standard InChI is InChI=1S/C21H28N4O/c26-21(18-5-1-4-17(14-18)19-6-2-10-22-15-19)23-11-3-13-25-20(9-12-24-25)16-7-8-16/h1,4-5,9,12,14,16,19,22H,2-3,6-8,10-11,13,15H2,(H,23,26). The van der Waals surface area contributed by atoms with E-state index in [0.29, 0.717) is 18.4 Å². The minimum Gasteiger partial charge on any atom is -0.352 e. The second-order valence-corrected chi connectivity index (χ2v) is 7.53. The summed E-state index contributed by atoms with van der Waals surface area (Å²) in [5, 5.41) is 10.9. The zero-order chi connectivity index (χ0) is 17.8. The maximum Gasteiger partial charge on any atom is 0.251 e. The van der Waals surface area contributed by atoms with E-state index in [9.17, 15) is 4.79 Å². The van der Waals surface area contributed by atoms with Gasteiger partial charge in [0.1, 0.15) is 0 Å². The average molecular weight is 352 g/mol. The third-order valence-corrected chi connectivity index (χ3v) is 5.49. The van der Waals surface area contributed by atoms with Gasteiger partial charge < -0.3 is 10.6 Å². The molecular formula is C21H28N4O. The monoisotopic (exact) mass is 352 g/mol. The number of nitrogens with zero attached hydrogens (tertiary/aromatic N) is 2. The van der Waals surface area contributed by atoms with E-state index >= 15 is 0 Å². The van der Waals surface area contributed by atoms with Crippen LogP contribution in [0.2, 0.25) is 0 Å². The van der Waals surface area contributed by atoms with Crippen LogP contribution in [0.3, 0.4) is 0 Å². The largest absolute Gasteiger partial charge is 0.352 e. The summed E-state index contributed by atoms with van der Waals surface area (Å²) in [7, 11) is 0. The normalized spacial score (nSPS) is 20.1. The molecule has 2 heterocycles. The van der Waals surface area contributed by atoms with E-state index in [4.69, 9.17) is 0 Å². The molecule has 2 aliphatic rings. The number of aromatic nitrogens is 2. The molecule has 2 N–H and O–H groups in total. The van der Waals surface area contributed by atoms with Gasteiger partial charge in [0.15, 0.2) is 0 Å². The van der Waals surface area contributed by atoms with Gasteiger partial charge in [-0.1, -0.05) is 12.1 Å². The van der Waals surface area contributed by atoms with E-state index in [1.54, 1.807) is 0 Å². The van der Waals surface area contributed by atoms with Crippen LogP contribution in [-0.2, 0) is 6.54 Å². The SMILES string of the molecule is O=C(NCCCn1nccc1C1CC1)c1cccc(C2CCCNC2)c1. The lowest BCUT2D eigenvalue weighted by atomic mass is 9.90. The van der Waals surface area contributed by atoms with Gasteiger partial charge in [0.2, 0.25) is 0 Å². The summed E-state index contributed by atoms with van der Waals surface area (Å²) in [4.78, 5) is 12.5. The van der Waals surface area contributed by atoms with Crippen molar-refractivity contribution in [2.45, 2.75) is 50.5 Å². The Balaban J connectivity index is 1.27. The lowest BCUT2D eigenvalue weighted by molar-refractivity contribution is 0.0952. The first-order valence-corrected chi connectivity index (χ1v) is 9.92. The minimum absolute atomic E-state index is 0.0264. The number of piperidine rings is 1. The molecule has 138 valence electrons. The predicted octanol–water partition coefficient (Wildman–Crippen LogP) is 3.05. The van der Waals surface area contributed by atoms with Crippen LogP contribution in [-0.4, -0.2) is 35.3 Å². The second-order valence-electron chi connectivity index (χ2n) is 7.53. The van der Waals surface area contributed by atoms with Crippen LogP contribution in [0.5, 0.6) is 0 Å². The Bertz CT molecular complexity index is 744. The molecule has 2 fully saturated rings. The topological polar surface area (TPSA) is 59.0 Å². The van der Waals surface area contributed by atoms with E-state index in [0.717, 1.165) is 31.6 Å². The summed E-state index contributed by atoms with van der Waals surface area (Å²) in [6.07, 6.45) is 7.77. The molecule has 0 spiro atoms. The van der Waals surface area contributed by atoms with Crippen molar-refractivity contribution in [3.05, 3.63) is 53.3 Å². The first-order valence-electron chi connectivity index (χ1n) is 9.92.